The molecule has 3 rings (SSSR count). The number of carbonyl (C=O) groups is 1. The minimum atomic E-state index is -0.0488. The molecular formula is C24H24N2O. The van der Waals surface area contributed by atoms with Gasteiger partial charge in [-0.15, -0.1) is 0 Å². The molecule has 0 radical (unpaired) electrons. The van der Waals surface area contributed by atoms with Crippen molar-refractivity contribution < 1.29 is 4.79 Å². The molecule has 0 atom stereocenters. The molecule has 0 aliphatic carbocycles. The van der Waals surface area contributed by atoms with E-state index in [9.17, 15) is 4.79 Å². The van der Waals surface area contributed by atoms with Gasteiger partial charge in [0, 0.05) is 38.1 Å². The van der Waals surface area contributed by atoms with E-state index in [1.54, 1.807) is 18.0 Å². The van der Waals surface area contributed by atoms with Gasteiger partial charge in [0.15, 0.2) is 0 Å². The fraction of sp³-hybridized carbons (Fsp3) is 0.125. The van der Waals surface area contributed by atoms with E-state index >= 15 is 0 Å². The van der Waals surface area contributed by atoms with Crippen LogP contribution in [-0.4, -0.2) is 17.9 Å². The lowest BCUT2D eigenvalue weighted by atomic mass is 10.2. The number of rotatable bonds is 7. The number of hydrogen-bond acceptors (Lipinski definition) is 2. The second-order valence-electron chi connectivity index (χ2n) is 6.42. The van der Waals surface area contributed by atoms with Gasteiger partial charge in [0.25, 0.3) is 5.91 Å². The second kappa shape index (κ2) is 9.39. The Hall–Kier alpha value is -3.33. The van der Waals surface area contributed by atoms with Gasteiger partial charge >= 0.3 is 0 Å². The van der Waals surface area contributed by atoms with Crippen molar-refractivity contribution in [3.05, 3.63) is 114 Å². The molecule has 0 aliphatic rings. The molecule has 0 aliphatic heterocycles. The summed E-state index contributed by atoms with van der Waals surface area (Å²) < 4.78 is 0. The highest BCUT2D eigenvalue weighted by molar-refractivity contribution is 6.00. The zero-order valence-corrected chi connectivity index (χ0v) is 15.5. The quantitative estimate of drug-likeness (QED) is 0.564. The number of benzene rings is 3. The minimum Gasteiger partial charge on any atom is -0.369 e. The first-order valence-corrected chi connectivity index (χ1v) is 9.05. The molecule has 3 aromatic carbocycles. The van der Waals surface area contributed by atoms with Crippen molar-refractivity contribution in [2.45, 2.75) is 13.1 Å². The Morgan fingerprint density at radius 3 is 1.67 bits per heavy atom. The Kier molecular flexibility index (Phi) is 6.42. The summed E-state index contributed by atoms with van der Waals surface area (Å²) in [5, 5.41) is 0. The minimum absolute atomic E-state index is 0.0488. The standard InChI is InChI=1S/C24H24N2O/c1-25(23-15-9-4-10-16-23)24(27)17-18-26(19-21-11-5-2-6-12-21)20-22-13-7-3-8-14-22/h2-18H,19-20H2,1H3/b18-17-. The van der Waals surface area contributed by atoms with E-state index in [1.165, 1.54) is 11.1 Å². The fourth-order valence-corrected chi connectivity index (χ4v) is 2.86. The average molecular weight is 356 g/mol. The van der Waals surface area contributed by atoms with Crippen molar-refractivity contribution in [2.75, 3.05) is 11.9 Å². The highest BCUT2D eigenvalue weighted by Crippen LogP contribution is 2.13. The maximum Gasteiger partial charge on any atom is 0.252 e. The lowest BCUT2D eigenvalue weighted by molar-refractivity contribution is -0.114. The molecule has 0 spiro atoms. The summed E-state index contributed by atoms with van der Waals surface area (Å²) in [4.78, 5) is 16.4. The molecule has 0 saturated heterocycles. The third-order valence-corrected chi connectivity index (χ3v) is 4.36. The monoisotopic (exact) mass is 356 g/mol. The van der Waals surface area contributed by atoms with Gasteiger partial charge in [0.05, 0.1) is 0 Å². The number of carbonyl (C=O) groups excluding carboxylic acids is 1. The van der Waals surface area contributed by atoms with E-state index in [-0.39, 0.29) is 5.91 Å². The van der Waals surface area contributed by atoms with Crippen molar-refractivity contribution in [1.29, 1.82) is 0 Å². The first kappa shape index (κ1) is 18.5. The molecular weight excluding hydrogens is 332 g/mol. The van der Waals surface area contributed by atoms with E-state index in [1.807, 2.05) is 72.9 Å². The Balaban J connectivity index is 1.73. The van der Waals surface area contributed by atoms with Crippen LogP contribution in [-0.2, 0) is 17.9 Å². The highest BCUT2D eigenvalue weighted by atomic mass is 16.2. The van der Waals surface area contributed by atoms with E-state index < -0.39 is 0 Å². The summed E-state index contributed by atoms with van der Waals surface area (Å²) in [6.45, 7) is 1.49. The SMILES string of the molecule is CN(C(=O)/C=C\N(Cc1ccccc1)Cc1ccccc1)c1ccccc1. The number of hydrogen-bond donors (Lipinski definition) is 0. The van der Waals surface area contributed by atoms with Gasteiger partial charge in [-0.3, -0.25) is 4.79 Å². The Bertz CT molecular complexity index is 819. The molecule has 3 aromatic rings. The second-order valence-corrected chi connectivity index (χ2v) is 6.42. The first-order chi connectivity index (χ1) is 13.2. The number of amides is 1. The maximum atomic E-state index is 12.6. The van der Waals surface area contributed by atoms with Crippen molar-refractivity contribution >= 4 is 11.6 Å². The van der Waals surface area contributed by atoms with Gasteiger partial charge in [-0.25, -0.2) is 0 Å². The van der Waals surface area contributed by atoms with Gasteiger partial charge in [-0.2, -0.15) is 0 Å². The topological polar surface area (TPSA) is 23.6 Å². The average Bonchev–Trinajstić information content (AvgIpc) is 2.73. The number of anilines is 1. The molecule has 0 unspecified atom stereocenters. The summed E-state index contributed by atoms with van der Waals surface area (Å²) in [5.74, 6) is -0.0488. The van der Waals surface area contributed by atoms with Gasteiger partial charge in [0.2, 0.25) is 0 Å². The Morgan fingerprint density at radius 2 is 1.19 bits per heavy atom. The van der Waals surface area contributed by atoms with E-state index in [0.717, 1.165) is 18.8 Å². The third-order valence-electron chi connectivity index (χ3n) is 4.36. The zero-order valence-electron chi connectivity index (χ0n) is 15.5. The van der Waals surface area contributed by atoms with E-state index in [4.69, 9.17) is 0 Å². The first-order valence-electron chi connectivity index (χ1n) is 9.05. The van der Waals surface area contributed by atoms with Gasteiger partial charge in [-0.1, -0.05) is 78.9 Å². The summed E-state index contributed by atoms with van der Waals surface area (Å²) in [6.07, 6.45) is 3.53. The molecule has 0 N–H and O–H groups in total. The van der Waals surface area contributed by atoms with Crippen molar-refractivity contribution in [3.8, 4) is 0 Å². The molecule has 0 heterocycles. The van der Waals surface area contributed by atoms with Crippen LogP contribution in [0.3, 0.4) is 0 Å². The van der Waals surface area contributed by atoms with Crippen LogP contribution in [0, 0.1) is 0 Å². The van der Waals surface area contributed by atoms with Gasteiger partial charge in [-0.05, 0) is 23.3 Å². The van der Waals surface area contributed by atoms with Crippen LogP contribution in [0.5, 0.6) is 0 Å². The fourth-order valence-electron chi connectivity index (χ4n) is 2.86. The predicted octanol–water partition coefficient (Wildman–Crippen LogP) is 4.87. The molecule has 3 nitrogen and oxygen atoms in total. The predicted molar refractivity (Wildman–Crippen MR) is 111 cm³/mol. The van der Waals surface area contributed by atoms with Crippen molar-refractivity contribution in [2.24, 2.45) is 0 Å². The van der Waals surface area contributed by atoms with Crippen LogP contribution in [0.2, 0.25) is 0 Å². The Labute approximate surface area is 161 Å². The maximum absolute atomic E-state index is 12.6. The van der Waals surface area contributed by atoms with Crippen LogP contribution >= 0.6 is 0 Å². The molecule has 1 amide bonds. The molecule has 27 heavy (non-hydrogen) atoms. The number of para-hydroxylation sites is 1. The highest BCUT2D eigenvalue weighted by Gasteiger charge is 2.08. The van der Waals surface area contributed by atoms with Crippen molar-refractivity contribution in [1.82, 2.24) is 4.90 Å². The normalized spacial score (nSPS) is 10.7. The largest absolute Gasteiger partial charge is 0.369 e. The molecule has 0 bridgehead atoms. The smallest absolute Gasteiger partial charge is 0.252 e. The Morgan fingerprint density at radius 1 is 0.741 bits per heavy atom. The molecule has 0 aromatic heterocycles. The lowest BCUT2D eigenvalue weighted by Crippen LogP contribution is -2.25. The van der Waals surface area contributed by atoms with Crippen LogP contribution in [0.4, 0.5) is 5.69 Å². The number of likely N-dealkylation sites (N-methyl/N-ethyl adjacent to an activating group) is 1. The third kappa shape index (κ3) is 5.58. The summed E-state index contributed by atoms with van der Waals surface area (Å²) in [6, 6.07) is 30.2. The summed E-state index contributed by atoms with van der Waals surface area (Å²) in [5.41, 5.74) is 3.30. The zero-order chi connectivity index (χ0) is 18.9. The molecule has 3 heteroatoms. The molecule has 0 fully saturated rings. The van der Waals surface area contributed by atoms with Crippen LogP contribution in [0.1, 0.15) is 11.1 Å². The van der Waals surface area contributed by atoms with Gasteiger partial charge in [0.1, 0.15) is 0 Å². The number of nitrogens with zero attached hydrogens (tertiary/aromatic N) is 2. The van der Waals surface area contributed by atoms with Crippen LogP contribution in [0.25, 0.3) is 0 Å². The van der Waals surface area contributed by atoms with E-state index in [2.05, 4.69) is 29.2 Å². The van der Waals surface area contributed by atoms with Crippen LogP contribution < -0.4 is 4.90 Å². The van der Waals surface area contributed by atoms with Gasteiger partial charge < -0.3 is 9.80 Å². The summed E-state index contributed by atoms with van der Waals surface area (Å²) >= 11 is 0. The summed E-state index contributed by atoms with van der Waals surface area (Å²) in [7, 11) is 1.79. The molecule has 136 valence electrons. The molecule has 0 saturated carbocycles. The van der Waals surface area contributed by atoms with Crippen LogP contribution in [0.15, 0.2) is 103 Å². The lowest BCUT2D eigenvalue weighted by Gasteiger charge is -2.21. The van der Waals surface area contributed by atoms with E-state index in [0.29, 0.717) is 0 Å². The van der Waals surface area contributed by atoms with Crippen molar-refractivity contribution in [3.63, 3.8) is 0 Å².